The smallest absolute Gasteiger partial charge is 0.161 e. The van der Waals surface area contributed by atoms with Crippen LogP contribution in [0.15, 0.2) is 12.1 Å². The second-order valence-corrected chi connectivity index (χ2v) is 4.15. The molecule has 1 fully saturated rings. The van der Waals surface area contributed by atoms with Gasteiger partial charge in [0.1, 0.15) is 0 Å². The normalized spacial score (nSPS) is 23.3. The topological polar surface area (TPSA) is 15.3 Å². The molecule has 1 saturated heterocycles. The SMILES string of the molecule is Fc1cc2c(cc1F)N1CCC[C@H]1CN2. The number of fused-ring (bicyclic) bond motifs is 3. The molecule has 80 valence electrons. The summed E-state index contributed by atoms with van der Waals surface area (Å²) in [5.41, 5.74) is 1.52. The van der Waals surface area contributed by atoms with E-state index in [2.05, 4.69) is 10.2 Å². The minimum atomic E-state index is -0.779. The molecule has 0 amide bonds. The number of hydrogen-bond acceptors (Lipinski definition) is 2. The number of hydrogen-bond donors (Lipinski definition) is 1. The lowest BCUT2D eigenvalue weighted by atomic mass is 10.1. The van der Waals surface area contributed by atoms with Gasteiger partial charge in [0, 0.05) is 31.3 Å². The quantitative estimate of drug-likeness (QED) is 0.707. The molecule has 0 unspecified atom stereocenters. The highest BCUT2D eigenvalue weighted by molar-refractivity contribution is 5.73. The minimum absolute atomic E-state index is 0.447. The lowest BCUT2D eigenvalue weighted by Crippen LogP contribution is -2.39. The highest BCUT2D eigenvalue weighted by Gasteiger charge is 2.30. The van der Waals surface area contributed by atoms with Gasteiger partial charge in [-0.05, 0) is 12.8 Å². The van der Waals surface area contributed by atoms with E-state index in [0.29, 0.717) is 11.7 Å². The summed E-state index contributed by atoms with van der Waals surface area (Å²) in [7, 11) is 0. The molecule has 15 heavy (non-hydrogen) atoms. The molecule has 1 atom stereocenters. The van der Waals surface area contributed by atoms with E-state index in [-0.39, 0.29) is 0 Å². The first-order chi connectivity index (χ1) is 7.25. The Morgan fingerprint density at radius 3 is 2.93 bits per heavy atom. The van der Waals surface area contributed by atoms with Crippen molar-refractivity contribution in [2.45, 2.75) is 18.9 Å². The van der Waals surface area contributed by atoms with E-state index >= 15 is 0 Å². The maximum Gasteiger partial charge on any atom is 0.161 e. The number of rotatable bonds is 0. The van der Waals surface area contributed by atoms with E-state index in [4.69, 9.17) is 0 Å². The largest absolute Gasteiger partial charge is 0.381 e. The van der Waals surface area contributed by atoms with Crippen LogP contribution in [0.1, 0.15) is 12.8 Å². The molecule has 3 rings (SSSR count). The van der Waals surface area contributed by atoms with Crippen molar-refractivity contribution in [3.63, 3.8) is 0 Å². The first kappa shape index (κ1) is 8.95. The van der Waals surface area contributed by atoms with Crippen molar-refractivity contribution in [2.24, 2.45) is 0 Å². The third-order valence-corrected chi connectivity index (χ3v) is 3.25. The van der Waals surface area contributed by atoms with Gasteiger partial charge in [-0.3, -0.25) is 0 Å². The Labute approximate surface area is 86.9 Å². The van der Waals surface area contributed by atoms with E-state index in [1.807, 2.05) is 0 Å². The molecule has 0 radical (unpaired) electrons. The maximum atomic E-state index is 13.1. The van der Waals surface area contributed by atoms with Crippen LogP contribution in [0.4, 0.5) is 20.2 Å². The first-order valence-electron chi connectivity index (χ1n) is 5.25. The zero-order chi connectivity index (χ0) is 10.4. The minimum Gasteiger partial charge on any atom is -0.381 e. The molecule has 2 nitrogen and oxygen atoms in total. The Kier molecular flexibility index (Phi) is 1.84. The number of halogens is 2. The number of benzene rings is 1. The van der Waals surface area contributed by atoms with E-state index in [0.717, 1.165) is 31.6 Å². The standard InChI is InChI=1S/C11H12F2N2/c12-8-4-10-11(5-9(8)13)15-3-1-2-7(15)6-14-10/h4-5,7,14H,1-3,6H2/t7-/m0/s1. The van der Waals surface area contributed by atoms with Crippen molar-refractivity contribution in [1.82, 2.24) is 0 Å². The lowest BCUT2D eigenvalue weighted by molar-refractivity contribution is 0.507. The van der Waals surface area contributed by atoms with Crippen LogP contribution in [0.2, 0.25) is 0 Å². The highest BCUT2D eigenvalue weighted by Crippen LogP contribution is 2.37. The molecule has 4 heteroatoms. The lowest BCUT2D eigenvalue weighted by Gasteiger charge is -2.34. The summed E-state index contributed by atoms with van der Waals surface area (Å²) in [6.07, 6.45) is 2.26. The van der Waals surface area contributed by atoms with Gasteiger partial charge < -0.3 is 10.2 Å². The number of anilines is 2. The van der Waals surface area contributed by atoms with Crippen molar-refractivity contribution in [3.8, 4) is 0 Å². The zero-order valence-corrected chi connectivity index (χ0v) is 8.26. The van der Waals surface area contributed by atoms with Gasteiger partial charge in [-0.1, -0.05) is 0 Å². The summed E-state index contributed by atoms with van der Waals surface area (Å²) in [6.45, 7) is 1.78. The van der Waals surface area contributed by atoms with E-state index < -0.39 is 11.6 Å². The Balaban J connectivity index is 2.09. The predicted octanol–water partition coefficient (Wildman–Crippen LogP) is 2.36. The summed E-state index contributed by atoms with van der Waals surface area (Å²) in [5.74, 6) is -1.54. The van der Waals surface area contributed by atoms with Crippen LogP contribution in [0.25, 0.3) is 0 Å². The molecular weight excluding hydrogens is 198 g/mol. The summed E-state index contributed by atoms with van der Waals surface area (Å²) >= 11 is 0. The van der Waals surface area contributed by atoms with E-state index in [1.165, 1.54) is 12.1 Å². The molecule has 1 N–H and O–H groups in total. The van der Waals surface area contributed by atoms with E-state index in [1.54, 1.807) is 0 Å². The number of nitrogens with one attached hydrogen (secondary N) is 1. The Morgan fingerprint density at radius 2 is 2.07 bits per heavy atom. The van der Waals surface area contributed by atoms with Gasteiger partial charge in [0.25, 0.3) is 0 Å². The average Bonchev–Trinajstić information content (AvgIpc) is 2.68. The van der Waals surface area contributed by atoms with Gasteiger partial charge in [-0.15, -0.1) is 0 Å². The summed E-state index contributed by atoms with van der Waals surface area (Å²) in [4.78, 5) is 2.17. The van der Waals surface area contributed by atoms with Gasteiger partial charge in [0.15, 0.2) is 11.6 Å². The van der Waals surface area contributed by atoms with Crippen molar-refractivity contribution in [1.29, 1.82) is 0 Å². The maximum absolute atomic E-state index is 13.1. The van der Waals surface area contributed by atoms with Crippen molar-refractivity contribution in [2.75, 3.05) is 23.3 Å². The summed E-state index contributed by atoms with van der Waals surface area (Å²) in [5, 5.41) is 3.15. The molecule has 0 aromatic heterocycles. The Morgan fingerprint density at radius 1 is 1.27 bits per heavy atom. The van der Waals surface area contributed by atoms with Crippen molar-refractivity contribution in [3.05, 3.63) is 23.8 Å². The van der Waals surface area contributed by atoms with Crippen LogP contribution in [0.5, 0.6) is 0 Å². The molecule has 0 aliphatic carbocycles. The van der Waals surface area contributed by atoms with Crippen LogP contribution < -0.4 is 10.2 Å². The van der Waals surface area contributed by atoms with Gasteiger partial charge in [0.2, 0.25) is 0 Å². The molecule has 1 aromatic rings. The van der Waals surface area contributed by atoms with Crippen LogP contribution in [-0.4, -0.2) is 19.1 Å². The van der Waals surface area contributed by atoms with Gasteiger partial charge in [-0.2, -0.15) is 0 Å². The molecule has 2 aliphatic rings. The van der Waals surface area contributed by atoms with Gasteiger partial charge in [-0.25, -0.2) is 8.78 Å². The Bertz CT molecular complexity index is 406. The molecule has 0 saturated carbocycles. The van der Waals surface area contributed by atoms with Crippen LogP contribution in [0.3, 0.4) is 0 Å². The van der Waals surface area contributed by atoms with Gasteiger partial charge in [0.05, 0.1) is 11.4 Å². The van der Waals surface area contributed by atoms with E-state index in [9.17, 15) is 8.78 Å². The fourth-order valence-corrected chi connectivity index (χ4v) is 2.51. The van der Waals surface area contributed by atoms with Crippen molar-refractivity contribution < 1.29 is 8.78 Å². The fourth-order valence-electron chi connectivity index (χ4n) is 2.51. The molecule has 2 heterocycles. The van der Waals surface area contributed by atoms with Crippen LogP contribution >= 0.6 is 0 Å². The van der Waals surface area contributed by atoms with Gasteiger partial charge >= 0.3 is 0 Å². The highest BCUT2D eigenvalue weighted by atomic mass is 19.2. The molecule has 0 bridgehead atoms. The summed E-state index contributed by atoms with van der Waals surface area (Å²) < 4.78 is 26.2. The molecule has 2 aliphatic heterocycles. The second-order valence-electron chi connectivity index (χ2n) is 4.15. The van der Waals surface area contributed by atoms with Crippen LogP contribution in [0, 0.1) is 11.6 Å². The number of nitrogens with zero attached hydrogens (tertiary/aromatic N) is 1. The van der Waals surface area contributed by atoms with Crippen molar-refractivity contribution >= 4 is 11.4 Å². The average molecular weight is 210 g/mol. The zero-order valence-electron chi connectivity index (χ0n) is 8.26. The Hall–Kier alpha value is -1.32. The molecule has 0 spiro atoms. The third kappa shape index (κ3) is 1.28. The second kappa shape index (κ2) is 3.08. The summed E-state index contributed by atoms with van der Waals surface area (Å²) in [6, 6.07) is 3.00. The fraction of sp³-hybridized carbons (Fsp3) is 0.455. The molecule has 1 aromatic carbocycles. The third-order valence-electron chi connectivity index (χ3n) is 3.25. The monoisotopic (exact) mass is 210 g/mol. The molecular formula is C11H12F2N2. The van der Waals surface area contributed by atoms with Crippen LogP contribution in [-0.2, 0) is 0 Å². The predicted molar refractivity (Wildman–Crippen MR) is 55.2 cm³/mol. The first-order valence-corrected chi connectivity index (χ1v) is 5.25.